The fraction of sp³-hybridized carbons (Fsp3) is 0.833. The molecule has 16 heavy (non-hydrogen) atoms. The Balaban J connectivity index is 2.44. The molecule has 1 heterocycles. The molecule has 0 N–H and O–H groups in total. The van der Waals surface area contributed by atoms with Crippen LogP contribution in [0, 0.1) is 0 Å². The van der Waals surface area contributed by atoms with Crippen molar-refractivity contribution in [3.8, 4) is 0 Å². The molecule has 3 nitrogen and oxygen atoms in total. The van der Waals surface area contributed by atoms with Crippen molar-refractivity contribution in [3.63, 3.8) is 0 Å². The lowest BCUT2D eigenvalue weighted by Gasteiger charge is -2.25. The van der Waals surface area contributed by atoms with E-state index in [-0.39, 0.29) is 21.6 Å². The topological polar surface area (TPSA) is 46.7 Å². The van der Waals surface area contributed by atoms with Crippen molar-refractivity contribution in [3.05, 3.63) is 0 Å². The lowest BCUT2D eigenvalue weighted by molar-refractivity contribution is -0.109. The van der Waals surface area contributed by atoms with Crippen molar-refractivity contribution in [1.82, 2.24) is 0 Å². The van der Waals surface area contributed by atoms with Crippen LogP contribution in [0.5, 0.6) is 0 Å². The molecule has 0 aromatic rings. The van der Waals surface area contributed by atoms with Gasteiger partial charge < -0.3 is 9.53 Å². The smallest absolute Gasteiger partial charge is 0.186 e. The predicted octanol–water partition coefficient (Wildman–Crippen LogP) is 2.57. The van der Waals surface area contributed by atoms with E-state index >= 15 is 0 Å². The lowest BCUT2D eigenvalue weighted by Crippen LogP contribution is -2.23. The van der Waals surface area contributed by atoms with E-state index in [0.29, 0.717) is 6.42 Å². The molecule has 0 aromatic carbocycles. The van der Waals surface area contributed by atoms with Crippen molar-refractivity contribution < 1.29 is 14.3 Å². The van der Waals surface area contributed by atoms with E-state index < -0.39 is 0 Å². The molecule has 4 heteroatoms. The molecule has 2 atom stereocenters. The Kier molecular flexibility index (Phi) is 4.18. The molecule has 92 valence electrons. The van der Waals surface area contributed by atoms with Crippen LogP contribution in [0.3, 0.4) is 0 Å². The van der Waals surface area contributed by atoms with Crippen LogP contribution in [0.1, 0.15) is 47.0 Å². The van der Waals surface area contributed by atoms with Crippen LogP contribution < -0.4 is 0 Å². The van der Waals surface area contributed by atoms with Gasteiger partial charge in [0.1, 0.15) is 6.29 Å². The van der Waals surface area contributed by atoms with Gasteiger partial charge in [-0.1, -0.05) is 11.8 Å². The first kappa shape index (κ1) is 13.7. The van der Waals surface area contributed by atoms with E-state index in [4.69, 9.17) is 4.74 Å². The summed E-state index contributed by atoms with van der Waals surface area (Å²) in [6, 6.07) is 0. The number of hydrogen-bond acceptors (Lipinski definition) is 4. The van der Waals surface area contributed by atoms with E-state index in [9.17, 15) is 9.59 Å². The Morgan fingerprint density at radius 1 is 1.56 bits per heavy atom. The van der Waals surface area contributed by atoms with Crippen molar-refractivity contribution >= 4 is 23.2 Å². The van der Waals surface area contributed by atoms with Gasteiger partial charge in [-0.3, -0.25) is 4.79 Å². The van der Waals surface area contributed by atoms with E-state index in [1.54, 1.807) is 6.92 Å². The monoisotopic (exact) mass is 244 g/mol. The van der Waals surface area contributed by atoms with Crippen molar-refractivity contribution in [1.29, 1.82) is 0 Å². The van der Waals surface area contributed by atoms with Crippen LogP contribution >= 0.6 is 11.8 Å². The highest BCUT2D eigenvalue weighted by atomic mass is 32.2. The maximum atomic E-state index is 11.1. The first-order valence-corrected chi connectivity index (χ1v) is 6.42. The molecular weight excluding hydrogens is 224 g/mol. The number of ether oxygens (including phenoxy) is 1. The summed E-state index contributed by atoms with van der Waals surface area (Å²) in [6.45, 7) is 7.65. The van der Waals surface area contributed by atoms with Crippen molar-refractivity contribution in [2.45, 2.75) is 63.4 Å². The zero-order valence-corrected chi connectivity index (χ0v) is 11.2. The van der Waals surface area contributed by atoms with Gasteiger partial charge in [0.05, 0.1) is 11.7 Å². The van der Waals surface area contributed by atoms with Gasteiger partial charge in [0.2, 0.25) is 0 Å². The minimum absolute atomic E-state index is 0.0109. The van der Waals surface area contributed by atoms with Crippen LogP contribution in [-0.2, 0) is 14.3 Å². The Labute approximate surface area is 101 Å². The highest BCUT2D eigenvalue weighted by molar-refractivity contribution is 8.14. The summed E-state index contributed by atoms with van der Waals surface area (Å²) in [6.07, 6.45) is 3.35. The van der Waals surface area contributed by atoms with Crippen LogP contribution in [0.4, 0.5) is 0 Å². The Morgan fingerprint density at radius 2 is 2.12 bits per heavy atom. The van der Waals surface area contributed by atoms with E-state index in [1.165, 1.54) is 11.8 Å². The van der Waals surface area contributed by atoms with E-state index in [2.05, 4.69) is 13.8 Å². The van der Waals surface area contributed by atoms with Gasteiger partial charge in [-0.2, -0.15) is 0 Å². The maximum Gasteiger partial charge on any atom is 0.186 e. The summed E-state index contributed by atoms with van der Waals surface area (Å²) >= 11 is 1.27. The third-order valence-corrected chi connectivity index (χ3v) is 4.16. The predicted molar refractivity (Wildman–Crippen MR) is 65.5 cm³/mol. The minimum atomic E-state index is -0.268. The summed E-state index contributed by atoms with van der Waals surface area (Å²) in [5, 5.41) is 0.0697. The van der Waals surface area contributed by atoms with Gasteiger partial charge in [0.15, 0.2) is 5.12 Å². The number of carbonyl (C=O) groups excluding carboxylic acids is 2. The third kappa shape index (κ3) is 3.91. The molecule has 1 fully saturated rings. The first-order chi connectivity index (χ1) is 7.29. The average Bonchev–Trinajstić information content (AvgIpc) is 2.70. The van der Waals surface area contributed by atoms with Crippen molar-refractivity contribution in [2.24, 2.45) is 0 Å². The third-order valence-electron chi connectivity index (χ3n) is 3.00. The summed E-state index contributed by atoms with van der Waals surface area (Å²) < 4.78 is 5.23. The molecule has 0 amide bonds. The second-order valence-corrected chi connectivity index (χ2v) is 6.93. The first-order valence-electron chi connectivity index (χ1n) is 5.60. The fourth-order valence-electron chi connectivity index (χ4n) is 1.89. The minimum Gasteiger partial charge on any atom is -0.367 e. The van der Waals surface area contributed by atoms with Crippen LogP contribution in [0.25, 0.3) is 0 Å². The molecule has 0 bridgehead atoms. The fourth-order valence-corrected chi connectivity index (χ4v) is 2.96. The van der Waals surface area contributed by atoms with Gasteiger partial charge in [0, 0.05) is 18.1 Å². The second-order valence-electron chi connectivity index (χ2n) is 5.16. The van der Waals surface area contributed by atoms with E-state index in [1.807, 2.05) is 6.92 Å². The Morgan fingerprint density at radius 3 is 2.50 bits per heavy atom. The number of rotatable bonds is 6. The zero-order valence-electron chi connectivity index (χ0n) is 10.4. The maximum absolute atomic E-state index is 11.1. The van der Waals surface area contributed by atoms with Crippen LogP contribution in [0.2, 0.25) is 0 Å². The highest BCUT2D eigenvalue weighted by Gasteiger charge is 2.48. The van der Waals surface area contributed by atoms with Gasteiger partial charge in [-0.25, -0.2) is 0 Å². The molecule has 1 aliphatic rings. The Bertz CT molecular complexity index is 288. The number of aldehydes is 1. The molecular formula is C12H20O3S. The molecule has 1 aliphatic heterocycles. The number of carbonyl (C=O) groups is 2. The number of thioether (sulfide) groups is 1. The molecule has 2 unspecified atom stereocenters. The number of epoxide rings is 1. The second kappa shape index (κ2) is 4.88. The van der Waals surface area contributed by atoms with Crippen molar-refractivity contribution in [2.75, 3.05) is 0 Å². The molecule has 1 saturated heterocycles. The summed E-state index contributed by atoms with van der Waals surface area (Å²) in [5.41, 5.74) is -0.0109. The summed E-state index contributed by atoms with van der Waals surface area (Å²) in [4.78, 5) is 21.8. The van der Waals surface area contributed by atoms with Gasteiger partial charge in [-0.05, 0) is 33.6 Å². The standard InChI is InChI=1S/C12H20O3S/c1-9(14)16-12(4,7-8-13)6-5-10-11(2,3)15-10/h8,10H,5-7H2,1-4H3. The number of hydrogen-bond donors (Lipinski definition) is 0. The van der Waals surface area contributed by atoms with E-state index in [0.717, 1.165) is 19.1 Å². The average molecular weight is 244 g/mol. The lowest BCUT2D eigenvalue weighted by atomic mass is 9.97. The SMILES string of the molecule is CC(=O)SC(C)(CC=O)CCC1OC1(C)C. The van der Waals surface area contributed by atoms with Gasteiger partial charge in [-0.15, -0.1) is 0 Å². The van der Waals surface area contributed by atoms with Crippen LogP contribution in [-0.4, -0.2) is 27.9 Å². The molecule has 0 aliphatic carbocycles. The normalized spacial score (nSPS) is 25.9. The molecule has 1 rings (SSSR count). The summed E-state index contributed by atoms with van der Waals surface area (Å²) in [5.74, 6) is 0. The molecule has 0 radical (unpaired) electrons. The van der Waals surface area contributed by atoms with Gasteiger partial charge >= 0.3 is 0 Å². The largest absolute Gasteiger partial charge is 0.367 e. The molecule has 0 saturated carbocycles. The molecule has 0 spiro atoms. The van der Waals surface area contributed by atoms with Crippen LogP contribution in [0.15, 0.2) is 0 Å². The zero-order chi connectivity index (χ0) is 12.4. The summed E-state index contributed by atoms with van der Waals surface area (Å²) in [7, 11) is 0. The Hall–Kier alpha value is -0.350. The highest BCUT2D eigenvalue weighted by Crippen LogP contribution is 2.42. The quantitative estimate of drug-likeness (QED) is 0.532. The van der Waals surface area contributed by atoms with Gasteiger partial charge in [0.25, 0.3) is 0 Å². The molecule has 0 aromatic heterocycles.